The van der Waals surface area contributed by atoms with Gasteiger partial charge in [-0.05, 0) is 38.7 Å². The Morgan fingerprint density at radius 1 is 1.23 bits per heavy atom. The van der Waals surface area contributed by atoms with Crippen molar-refractivity contribution in [2.24, 2.45) is 10.9 Å². The molecule has 2 aromatic rings. The van der Waals surface area contributed by atoms with Gasteiger partial charge in [0.1, 0.15) is 11.5 Å². The number of nitrogens with zero attached hydrogens (tertiary/aromatic N) is 4. The van der Waals surface area contributed by atoms with Crippen LogP contribution in [0.25, 0.3) is 0 Å². The molecule has 0 unspecified atom stereocenters. The van der Waals surface area contributed by atoms with Crippen molar-refractivity contribution < 1.29 is 9.26 Å². The van der Waals surface area contributed by atoms with Gasteiger partial charge in [-0.1, -0.05) is 23.4 Å². The van der Waals surface area contributed by atoms with Gasteiger partial charge in [-0.25, -0.2) is 4.99 Å². The number of hydrogen-bond donors (Lipinski definition) is 1. The molecular weight excluding hydrogens is 378 g/mol. The van der Waals surface area contributed by atoms with Gasteiger partial charge >= 0.3 is 0 Å². The predicted octanol–water partition coefficient (Wildman–Crippen LogP) is 3.06. The maximum atomic E-state index is 6.05. The summed E-state index contributed by atoms with van der Waals surface area (Å²) >= 11 is 0. The first-order valence-corrected chi connectivity index (χ1v) is 11.1. The molecule has 0 bridgehead atoms. The summed E-state index contributed by atoms with van der Waals surface area (Å²) in [4.78, 5) is 9.69. The van der Waals surface area contributed by atoms with Gasteiger partial charge < -0.3 is 19.5 Å². The SMILES string of the molecule is CCNC(=NCc1ccccc1OCC1CC1)N1CCN(Cc2cc(C)on2)CC1. The van der Waals surface area contributed by atoms with Crippen LogP contribution in [0.1, 0.15) is 36.8 Å². The molecular formula is C23H33N5O2. The Hall–Kier alpha value is -2.54. The number of aryl methyl sites for hydroxylation is 1. The van der Waals surface area contributed by atoms with Crippen molar-refractivity contribution in [1.82, 2.24) is 20.3 Å². The number of aromatic nitrogens is 1. The summed E-state index contributed by atoms with van der Waals surface area (Å²) in [6, 6.07) is 10.3. The van der Waals surface area contributed by atoms with Crippen molar-refractivity contribution in [2.75, 3.05) is 39.3 Å². The quantitative estimate of drug-likeness (QED) is 0.532. The molecule has 0 radical (unpaired) electrons. The van der Waals surface area contributed by atoms with E-state index in [1.807, 2.05) is 19.1 Å². The van der Waals surface area contributed by atoms with Gasteiger partial charge in [-0.15, -0.1) is 0 Å². The predicted molar refractivity (Wildman–Crippen MR) is 118 cm³/mol. The van der Waals surface area contributed by atoms with Crippen LogP contribution in [0.4, 0.5) is 0 Å². The number of nitrogens with one attached hydrogen (secondary N) is 1. The fraction of sp³-hybridized carbons (Fsp3) is 0.565. The third-order valence-electron chi connectivity index (χ3n) is 5.61. The monoisotopic (exact) mass is 411 g/mol. The van der Waals surface area contributed by atoms with Crippen molar-refractivity contribution in [2.45, 2.75) is 39.8 Å². The summed E-state index contributed by atoms with van der Waals surface area (Å²) in [7, 11) is 0. The van der Waals surface area contributed by atoms with Gasteiger partial charge in [-0.3, -0.25) is 4.90 Å². The van der Waals surface area contributed by atoms with E-state index >= 15 is 0 Å². The van der Waals surface area contributed by atoms with E-state index in [2.05, 4.69) is 45.4 Å². The first-order valence-electron chi connectivity index (χ1n) is 11.1. The Bertz CT molecular complexity index is 838. The van der Waals surface area contributed by atoms with Crippen molar-refractivity contribution >= 4 is 5.96 Å². The summed E-state index contributed by atoms with van der Waals surface area (Å²) < 4.78 is 11.2. The van der Waals surface area contributed by atoms with E-state index < -0.39 is 0 Å². The lowest BCUT2D eigenvalue weighted by Gasteiger charge is -2.36. The third-order valence-corrected chi connectivity index (χ3v) is 5.61. The molecule has 1 aliphatic heterocycles. The first kappa shape index (κ1) is 20.7. The molecule has 1 saturated heterocycles. The molecule has 30 heavy (non-hydrogen) atoms. The van der Waals surface area contributed by atoms with E-state index in [4.69, 9.17) is 14.3 Å². The molecule has 2 heterocycles. The molecule has 7 heteroatoms. The average molecular weight is 412 g/mol. The zero-order valence-electron chi connectivity index (χ0n) is 18.1. The fourth-order valence-electron chi connectivity index (χ4n) is 3.69. The van der Waals surface area contributed by atoms with Crippen LogP contribution in [0, 0.1) is 12.8 Å². The second kappa shape index (κ2) is 9.98. The molecule has 0 atom stereocenters. The summed E-state index contributed by atoms with van der Waals surface area (Å²) in [5.74, 6) is 3.56. The highest BCUT2D eigenvalue weighted by molar-refractivity contribution is 5.80. The molecule has 1 saturated carbocycles. The highest BCUT2D eigenvalue weighted by Gasteiger charge is 2.23. The minimum atomic E-state index is 0.627. The molecule has 7 nitrogen and oxygen atoms in total. The van der Waals surface area contributed by atoms with E-state index in [-0.39, 0.29) is 0 Å². The summed E-state index contributed by atoms with van der Waals surface area (Å²) in [6.07, 6.45) is 2.60. The Labute approximate surface area is 179 Å². The Balaban J connectivity index is 1.34. The maximum Gasteiger partial charge on any atom is 0.194 e. The van der Waals surface area contributed by atoms with Crippen molar-refractivity contribution in [3.05, 3.63) is 47.3 Å². The molecule has 1 aromatic carbocycles. The number of benzene rings is 1. The number of guanidine groups is 1. The first-order chi connectivity index (χ1) is 14.7. The molecule has 2 aliphatic rings. The number of piperazine rings is 1. The second-order valence-electron chi connectivity index (χ2n) is 8.22. The van der Waals surface area contributed by atoms with Crippen LogP contribution in [0.15, 0.2) is 39.8 Å². The molecule has 4 rings (SSSR count). The normalized spacial score (nSPS) is 17.9. The van der Waals surface area contributed by atoms with Crippen molar-refractivity contribution in [3.63, 3.8) is 0 Å². The number of hydrogen-bond acceptors (Lipinski definition) is 5. The lowest BCUT2D eigenvalue weighted by Crippen LogP contribution is -2.52. The van der Waals surface area contributed by atoms with Crippen LogP contribution in [0.3, 0.4) is 0 Å². The van der Waals surface area contributed by atoms with Gasteiger partial charge in [0.2, 0.25) is 0 Å². The van der Waals surface area contributed by atoms with Gasteiger partial charge in [0.05, 0.1) is 18.8 Å². The smallest absolute Gasteiger partial charge is 0.194 e. The van der Waals surface area contributed by atoms with Crippen LogP contribution < -0.4 is 10.1 Å². The van der Waals surface area contributed by atoms with Crippen LogP contribution in [-0.4, -0.2) is 60.2 Å². The summed E-state index contributed by atoms with van der Waals surface area (Å²) in [5.41, 5.74) is 2.15. The topological polar surface area (TPSA) is 66.1 Å². The second-order valence-corrected chi connectivity index (χ2v) is 8.22. The molecule has 1 N–H and O–H groups in total. The molecule has 1 aromatic heterocycles. The number of rotatable bonds is 8. The summed E-state index contributed by atoms with van der Waals surface area (Å²) in [5, 5.41) is 7.58. The van der Waals surface area contributed by atoms with Gasteiger partial charge in [0, 0.05) is 50.9 Å². The van der Waals surface area contributed by atoms with E-state index in [1.54, 1.807) is 0 Å². The minimum Gasteiger partial charge on any atom is -0.493 e. The lowest BCUT2D eigenvalue weighted by atomic mass is 10.2. The molecule has 0 amide bonds. The highest BCUT2D eigenvalue weighted by atomic mass is 16.5. The zero-order valence-corrected chi connectivity index (χ0v) is 18.1. The Morgan fingerprint density at radius 3 is 2.73 bits per heavy atom. The number of ether oxygens (including phenoxy) is 1. The maximum absolute atomic E-state index is 6.05. The van der Waals surface area contributed by atoms with Crippen molar-refractivity contribution in [3.8, 4) is 5.75 Å². The molecule has 0 spiro atoms. The number of para-hydroxylation sites is 1. The largest absolute Gasteiger partial charge is 0.493 e. The minimum absolute atomic E-state index is 0.627. The van der Waals surface area contributed by atoms with Crippen LogP contribution in [-0.2, 0) is 13.1 Å². The van der Waals surface area contributed by atoms with Crippen LogP contribution in [0.5, 0.6) is 5.75 Å². The molecule has 2 fully saturated rings. The van der Waals surface area contributed by atoms with E-state index in [0.29, 0.717) is 6.54 Å². The van der Waals surface area contributed by atoms with Crippen molar-refractivity contribution in [1.29, 1.82) is 0 Å². The molecule has 162 valence electrons. The van der Waals surface area contributed by atoms with Gasteiger partial charge in [-0.2, -0.15) is 0 Å². The zero-order chi connectivity index (χ0) is 20.8. The average Bonchev–Trinajstić information content (AvgIpc) is 3.51. The Morgan fingerprint density at radius 2 is 2.03 bits per heavy atom. The Kier molecular flexibility index (Phi) is 6.89. The number of aliphatic imine (C=N–C) groups is 1. The van der Waals surface area contributed by atoms with Crippen LogP contribution >= 0.6 is 0 Å². The van der Waals surface area contributed by atoms with Gasteiger partial charge in [0.25, 0.3) is 0 Å². The van der Waals surface area contributed by atoms with E-state index in [0.717, 1.165) is 80.5 Å². The molecule has 1 aliphatic carbocycles. The third kappa shape index (κ3) is 5.75. The van der Waals surface area contributed by atoms with Gasteiger partial charge in [0.15, 0.2) is 5.96 Å². The highest BCUT2D eigenvalue weighted by Crippen LogP contribution is 2.30. The van der Waals surface area contributed by atoms with Crippen LogP contribution in [0.2, 0.25) is 0 Å². The van der Waals surface area contributed by atoms with E-state index in [9.17, 15) is 0 Å². The standard InChI is InChI=1S/C23H33N5O2/c1-3-24-23(25-15-20-6-4-5-7-22(20)29-17-19-8-9-19)28-12-10-27(11-13-28)16-21-14-18(2)30-26-21/h4-7,14,19H,3,8-13,15-17H2,1-2H3,(H,24,25). The summed E-state index contributed by atoms with van der Waals surface area (Å²) in [6.45, 7) is 11.1. The fourth-order valence-corrected chi connectivity index (χ4v) is 3.69. The lowest BCUT2D eigenvalue weighted by molar-refractivity contribution is 0.169. The van der Waals surface area contributed by atoms with E-state index in [1.165, 1.54) is 12.8 Å².